The number of amides is 1. The highest BCUT2D eigenvalue weighted by molar-refractivity contribution is 6.30. The summed E-state index contributed by atoms with van der Waals surface area (Å²) < 4.78 is 5.52. The Balaban J connectivity index is 1.58. The van der Waals surface area contributed by atoms with Gasteiger partial charge in [0.05, 0.1) is 19.4 Å². The van der Waals surface area contributed by atoms with Gasteiger partial charge in [0.1, 0.15) is 0 Å². The lowest BCUT2D eigenvalue weighted by atomic mass is 10.1. The van der Waals surface area contributed by atoms with Gasteiger partial charge in [-0.05, 0) is 60.6 Å². The zero-order valence-corrected chi connectivity index (χ0v) is 16.0. The first kappa shape index (κ1) is 18.3. The number of carbonyl (C=O) groups is 1. The van der Waals surface area contributed by atoms with Crippen LogP contribution in [0, 0.1) is 5.92 Å². The molecule has 142 valence electrons. The number of nitrogens with zero attached hydrogens (tertiary/aromatic N) is 2. The van der Waals surface area contributed by atoms with Gasteiger partial charge < -0.3 is 9.64 Å². The zero-order valence-electron chi connectivity index (χ0n) is 15.3. The Bertz CT molecular complexity index is 788. The Kier molecular flexibility index (Phi) is 5.60. The smallest absolute Gasteiger partial charge is 0.243 e. The summed E-state index contributed by atoms with van der Waals surface area (Å²) in [5.74, 6) is 0.202. The highest BCUT2D eigenvalue weighted by Gasteiger charge is 2.29. The lowest BCUT2D eigenvalue weighted by Gasteiger charge is -2.31. The summed E-state index contributed by atoms with van der Waals surface area (Å²) in [4.78, 5) is 14.2. The number of carbonyl (C=O) groups excluding carboxylic acids is 1. The Morgan fingerprint density at radius 2 is 1.93 bits per heavy atom. The molecule has 1 heterocycles. The monoisotopic (exact) mass is 385 g/mol. The standard InChI is InChI=1S/C21H24ClN3O2/c22-19-7-1-15(2-8-19)13-17-5-6-18(14-23-24-21(26)16-3-4-16)20(17)25-9-11-27-12-10-25/h1-2,7-8,13-14,16H,3-6,9-12H2,(H,24,26)/b17-13+,23-14+. The van der Waals surface area contributed by atoms with Gasteiger partial charge in [-0.25, -0.2) is 5.43 Å². The lowest BCUT2D eigenvalue weighted by molar-refractivity contribution is -0.122. The molecule has 1 aromatic carbocycles. The molecule has 5 nitrogen and oxygen atoms in total. The normalized spacial score (nSPS) is 22.1. The summed E-state index contributed by atoms with van der Waals surface area (Å²) >= 11 is 6.01. The van der Waals surface area contributed by atoms with E-state index in [4.69, 9.17) is 16.3 Å². The number of rotatable bonds is 5. The minimum atomic E-state index is 0.0368. The third kappa shape index (κ3) is 4.60. The second kappa shape index (κ2) is 8.28. The minimum Gasteiger partial charge on any atom is -0.378 e. The van der Waals surface area contributed by atoms with Gasteiger partial charge in [-0.15, -0.1) is 0 Å². The molecular formula is C21H24ClN3O2. The van der Waals surface area contributed by atoms with Crippen LogP contribution in [-0.2, 0) is 9.53 Å². The topological polar surface area (TPSA) is 53.9 Å². The molecule has 2 aliphatic carbocycles. The van der Waals surface area contributed by atoms with Crippen LogP contribution < -0.4 is 5.43 Å². The molecule has 1 saturated heterocycles. The van der Waals surface area contributed by atoms with E-state index in [1.54, 1.807) is 0 Å². The van der Waals surface area contributed by atoms with Crippen molar-refractivity contribution >= 4 is 29.8 Å². The number of morpholine rings is 1. The van der Waals surface area contributed by atoms with Crippen LogP contribution in [0.1, 0.15) is 31.2 Å². The van der Waals surface area contributed by atoms with Gasteiger partial charge in [0, 0.05) is 29.7 Å². The fourth-order valence-corrected chi connectivity index (χ4v) is 3.67. The van der Waals surface area contributed by atoms with Crippen molar-refractivity contribution in [3.05, 3.63) is 51.7 Å². The summed E-state index contributed by atoms with van der Waals surface area (Å²) in [5, 5.41) is 4.97. The van der Waals surface area contributed by atoms with Crippen LogP contribution in [0.25, 0.3) is 6.08 Å². The number of hydrogen-bond donors (Lipinski definition) is 1. The zero-order chi connectivity index (χ0) is 18.6. The molecule has 0 radical (unpaired) electrons. The maximum atomic E-state index is 11.8. The number of hydrazone groups is 1. The largest absolute Gasteiger partial charge is 0.378 e. The minimum absolute atomic E-state index is 0.0368. The quantitative estimate of drug-likeness (QED) is 0.622. The molecule has 0 atom stereocenters. The summed E-state index contributed by atoms with van der Waals surface area (Å²) in [6.45, 7) is 3.22. The van der Waals surface area contributed by atoms with E-state index in [2.05, 4.69) is 21.5 Å². The Morgan fingerprint density at radius 1 is 1.19 bits per heavy atom. The van der Waals surface area contributed by atoms with E-state index in [1.807, 2.05) is 30.5 Å². The molecule has 4 rings (SSSR count). The van der Waals surface area contributed by atoms with E-state index < -0.39 is 0 Å². The predicted molar refractivity (Wildman–Crippen MR) is 107 cm³/mol. The number of benzene rings is 1. The molecule has 27 heavy (non-hydrogen) atoms. The highest BCUT2D eigenvalue weighted by atomic mass is 35.5. The molecule has 0 unspecified atom stereocenters. The van der Waals surface area contributed by atoms with Crippen molar-refractivity contribution in [2.75, 3.05) is 26.3 Å². The van der Waals surface area contributed by atoms with Gasteiger partial charge in [0.2, 0.25) is 5.91 Å². The van der Waals surface area contributed by atoms with Gasteiger partial charge in [0.25, 0.3) is 0 Å². The van der Waals surface area contributed by atoms with Crippen molar-refractivity contribution in [2.45, 2.75) is 25.7 Å². The second-order valence-electron chi connectivity index (χ2n) is 7.20. The van der Waals surface area contributed by atoms with Gasteiger partial charge in [-0.2, -0.15) is 5.10 Å². The molecule has 0 spiro atoms. The Labute approximate surface area is 164 Å². The second-order valence-corrected chi connectivity index (χ2v) is 7.64. The highest BCUT2D eigenvalue weighted by Crippen LogP contribution is 2.35. The molecule has 1 N–H and O–H groups in total. The van der Waals surface area contributed by atoms with Gasteiger partial charge in [-0.3, -0.25) is 4.79 Å². The Hall–Kier alpha value is -2.11. The van der Waals surface area contributed by atoms with Crippen molar-refractivity contribution in [3.8, 4) is 0 Å². The van der Waals surface area contributed by atoms with Crippen LogP contribution in [0.4, 0.5) is 0 Å². The first-order valence-electron chi connectivity index (χ1n) is 9.56. The molecule has 0 aromatic heterocycles. The van der Waals surface area contributed by atoms with Crippen LogP contribution in [0.15, 0.2) is 46.2 Å². The van der Waals surface area contributed by atoms with E-state index in [-0.39, 0.29) is 11.8 Å². The average molecular weight is 386 g/mol. The maximum absolute atomic E-state index is 11.8. The van der Waals surface area contributed by atoms with Crippen molar-refractivity contribution in [3.63, 3.8) is 0 Å². The first-order valence-corrected chi connectivity index (χ1v) is 9.94. The molecule has 1 aliphatic heterocycles. The Morgan fingerprint density at radius 3 is 2.63 bits per heavy atom. The third-order valence-corrected chi connectivity index (χ3v) is 5.41. The SMILES string of the molecule is O=C(N/N=C/C1=C(N2CCOCC2)C(=C/c2ccc(Cl)cc2)/CC1)C1CC1. The van der Waals surface area contributed by atoms with Gasteiger partial charge in [-0.1, -0.05) is 23.7 Å². The fraction of sp³-hybridized carbons (Fsp3) is 0.429. The number of ether oxygens (including phenoxy) is 1. The van der Waals surface area contributed by atoms with Crippen molar-refractivity contribution < 1.29 is 9.53 Å². The van der Waals surface area contributed by atoms with Crippen molar-refractivity contribution in [1.29, 1.82) is 0 Å². The van der Waals surface area contributed by atoms with Crippen LogP contribution in [0.5, 0.6) is 0 Å². The average Bonchev–Trinajstić information content (AvgIpc) is 3.47. The molecular weight excluding hydrogens is 362 g/mol. The van der Waals surface area contributed by atoms with Gasteiger partial charge in [0.15, 0.2) is 0 Å². The fourth-order valence-electron chi connectivity index (χ4n) is 3.54. The van der Waals surface area contributed by atoms with E-state index in [0.717, 1.165) is 62.6 Å². The number of nitrogens with one attached hydrogen (secondary N) is 1. The molecule has 1 amide bonds. The van der Waals surface area contributed by atoms with Crippen LogP contribution in [0.2, 0.25) is 5.02 Å². The van der Waals surface area contributed by atoms with E-state index >= 15 is 0 Å². The summed E-state index contributed by atoms with van der Waals surface area (Å²) in [6.07, 6.45) is 7.91. The molecule has 3 aliphatic rings. The first-order chi connectivity index (χ1) is 13.2. The molecule has 1 aromatic rings. The molecule has 0 bridgehead atoms. The number of allylic oxidation sites excluding steroid dienone is 2. The maximum Gasteiger partial charge on any atom is 0.243 e. The van der Waals surface area contributed by atoms with E-state index in [0.29, 0.717) is 0 Å². The van der Waals surface area contributed by atoms with Crippen molar-refractivity contribution in [1.82, 2.24) is 10.3 Å². The van der Waals surface area contributed by atoms with Crippen molar-refractivity contribution in [2.24, 2.45) is 11.0 Å². The third-order valence-electron chi connectivity index (χ3n) is 5.15. The van der Waals surface area contributed by atoms with E-state index in [1.165, 1.54) is 16.8 Å². The molecule has 6 heteroatoms. The lowest BCUT2D eigenvalue weighted by Crippen LogP contribution is -2.36. The predicted octanol–water partition coefficient (Wildman–Crippen LogP) is 3.62. The summed E-state index contributed by atoms with van der Waals surface area (Å²) in [7, 11) is 0. The van der Waals surface area contributed by atoms with Gasteiger partial charge >= 0.3 is 0 Å². The number of hydrogen-bond acceptors (Lipinski definition) is 4. The molecule has 2 fully saturated rings. The summed E-state index contributed by atoms with van der Waals surface area (Å²) in [5.41, 5.74) is 7.53. The van der Waals surface area contributed by atoms with E-state index in [9.17, 15) is 4.79 Å². The van der Waals surface area contributed by atoms with Crippen LogP contribution in [0.3, 0.4) is 0 Å². The summed E-state index contributed by atoms with van der Waals surface area (Å²) in [6, 6.07) is 7.90. The number of halogens is 1. The van der Waals surface area contributed by atoms with Crippen LogP contribution in [-0.4, -0.2) is 43.3 Å². The van der Waals surface area contributed by atoms with Crippen LogP contribution >= 0.6 is 11.6 Å². The molecule has 1 saturated carbocycles.